The Balaban J connectivity index is 1.74. The number of hydrogen-bond acceptors (Lipinski definition) is 2. The first-order valence-electron chi connectivity index (χ1n) is 8.98. The fourth-order valence-corrected chi connectivity index (χ4v) is 4.24. The molecule has 1 unspecified atom stereocenters. The highest BCUT2D eigenvalue weighted by Gasteiger charge is 2.34. The number of nitrogens with zero attached hydrogens (tertiary/aromatic N) is 1. The molecule has 2 heteroatoms. The number of fused-ring (bicyclic) bond motifs is 1. The third kappa shape index (κ3) is 4.73. The molecule has 1 heterocycles. The first-order valence-corrected chi connectivity index (χ1v) is 8.98. The van der Waals surface area contributed by atoms with E-state index in [9.17, 15) is 0 Å². The minimum Gasteiger partial charge on any atom is -0.312 e. The van der Waals surface area contributed by atoms with Gasteiger partial charge < -0.3 is 5.32 Å². The van der Waals surface area contributed by atoms with Gasteiger partial charge in [0.1, 0.15) is 0 Å². The van der Waals surface area contributed by atoms with Crippen LogP contribution < -0.4 is 5.32 Å². The molecule has 2 nitrogen and oxygen atoms in total. The van der Waals surface area contributed by atoms with Crippen molar-refractivity contribution in [2.75, 3.05) is 13.1 Å². The fourth-order valence-electron chi connectivity index (χ4n) is 4.24. The van der Waals surface area contributed by atoms with Crippen molar-refractivity contribution in [2.45, 2.75) is 96.7 Å². The molecular weight excluding hydrogens is 244 g/mol. The van der Waals surface area contributed by atoms with Crippen LogP contribution in [0.15, 0.2) is 0 Å². The van der Waals surface area contributed by atoms with Crippen LogP contribution in [0, 0.1) is 5.92 Å². The quantitative estimate of drug-likeness (QED) is 0.759. The molecule has 0 aromatic heterocycles. The highest BCUT2D eigenvalue weighted by Crippen LogP contribution is 2.36. The van der Waals surface area contributed by atoms with Gasteiger partial charge in [0.2, 0.25) is 0 Å². The highest BCUT2D eigenvalue weighted by molar-refractivity contribution is 4.89. The molecular formula is C18H36N2. The molecule has 0 radical (unpaired) electrons. The lowest BCUT2D eigenvalue weighted by atomic mass is 9.77. The van der Waals surface area contributed by atoms with Gasteiger partial charge in [-0.15, -0.1) is 0 Å². The van der Waals surface area contributed by atoms with Gasteiger partial charge in [-0.25, -0.2) is 0 Å². The molecule has 20 heavy (non-hydrogen) atoms. The molecule has 1 aliphatic heterocycles. The summed E-state index contributed by atoms with van der Waals surface area (Å²) in [5.74, 6) is 1.02. The lowest BCUT2D eigenvalue weighted by Crippen LogP contribution is -2.50. The first kappa shape index (κ1) is 16.3. The standard InChI is InChI=1S/C18H36N2/c1-15(9-7-13-19-18(2,3)4)20-14-8-11-16-10-5-6-12-17(16)20/h15-17,19H,5-14H2,1-4H3/t15?,16-,17-/m1/s1. The van der Waals surface area contributed by atoms with Crippen LogP contribution in [0.3, 0.4) is 0 Å². The van der Waals surface area contributed by atoms with E-state index in [1.54, 1.807) is 0 Å². The van der Waals surface area contributed by atoms with Crippen LogP contribution in [-0.4, -0.2) is 35.6 Å². The Labute approximate surface area is 126 Å². The van der Waals surface area contributed by atoms with Gasteiger partial charge in [0.25, 0.3) is 0 Å². The van der Waals surface area contributed by atoms with E-state index < -0.39 is 0 Å². The smallest absolute Gasteiger partial charge is 0.0126 e. The summed E-state index contributed by atoms with van der Waals surface area (Å²) in [7, 11) is 0. The van der Waals surface area contributed by atoms with E-state index in [1.165, 1.54) is 57.9 Å². The average Bonchev–Trinajstić information content (AvgIpc) is 2.41. The van der Waals surface area contributed by atoms with Crippen LogP contribution >= 0.6 is 0 Å². The molecule has 1 N–H and O–H groups in total. The molecule has 0 amide bonds. The van der Waals surface area contributed by atoms with Crippen molar-refractivity contribution in [3.8, 4) is 0 Å². The van der Waals surface area contributed by atoms with Crippen molar-refractivity contribution in [1.29, 1.82) is 0 Å². The molecule has 1 aliphatic carbocycles. The summed E-state index contributed by atoms with van der Waals surface area (Å²) in [6.45, 7) is 11.8. The third-order valence-electron chi connectivity index (χ3n) is 5.31. The van der Waals surface area contributed by atoms with Gasteiger partial charge in [0.05, 0.1) is 0 Å². The summed E-state index contributed by atoms with van der Waals surface area (Å²) >= 11 is 0. The van der Waals surface area contributed by atoms with Crippen LogP contribution in [0.25, 0.3) is 0 Å². The summed E-state index contributed by atoms with van der Waals surface area (Å²) in [6.07, 6.45) is 11.5. The summed E-state index contributed by atoms with van der Waals surface area (Å²) < 4.78 is 0. The van der Waals surface area contributed by atoms with Gasteiger partial charge in [-0.3, -0.25) is 4.90 Å². The van der Waals surface area contributed by atoms with Crippen LogP contribution in [0.1, 0.15) is 79.1 Å². The van der Waals surface area contributed by atoms with E-state index in [0.717, 1.165) is 24.5 Å². The van der Waals surface area contributed by atoms with E-state index in [-0.39, 0.29) is 5.54 Å². The zero-order valence-electron chi connectivity index (χ0n) is 14.3. The number of piperidine rings is 1. The topological polar surface area (TPSA) is 15.3 Å². The van der Waals surface area contributed by atoms with Crippen LogP contribution in [0.4, 0.5) is 0 Å². The second-order valence-corrected chi connectivity index (χ2v) is 8.16. The van der Waals surface area contributed by atoms with Gasteiger partial charge >= 0.3 is 0 Å². The minimum absolute atomic E-state index is 0.267. The van der Waals surface area contributed by atoms with Crippen molar-refractivity contribution < 1.29 is 0 Å². The molecule has 2 rings (SSSR count). The van der Waals surface area contributed by atoms with E-state index >= 15 is 0 Å². The Morgan fingerprint density at radius 1 is 1.10 bits per heavy atom. The Morgan fingerprint density at radius 3 is 2.55 bits per heavy atom. The van der Waals surface area contributed by atoms with Gasteiger partial charge in [0, 0.05) is 17.6 Å². The van der Waals surface area contributed by atoms with Gasteiger partial charge in [0.15, 0.2) is 0 Å². The zero-order chi connectivity index (χ0) is 14.6. The Kier molecular flexibility index (Phi) is 5.92. The predicted molar refractivity (Wildman–Crippen MR) is 88.1 cm³/mol. The molecule has 1 saturated heterocycles. The Morgan fingerprint density at radius 2 is 1.80 bits per heavy atom. The number of likely N-dealkylation sites (tertiary alicyclic amines) is 1. The van der Waals surface area contributed by atoms with Gasteiger partial charge in [-0.05, 0) is 85.2 Å². The van der Waals surface area contributed by atoms with Crippen molar-refractivity contribution in [3.63, 3.8) is 0 Å². The minimum atomic E-state index is 0.267. The average molecular weight is 280 g/mol. The van der Waals surface area contributed by atoms with Crippen molar-refractivity contribution in [2.24, 2.45) is 5.92 Å². The second kappa shape index (κ2) is 7.26. The Hall–Kier alpha value is -0.0800. The third-order valence-corrected chi connectivity index (χ3v) is 5.31. The summed E-state index contributed by atoms with van der Waals surface area (Å²) in [6, 6.07) is 1.70. The molecule has 0 bridgehead atoms. The Bertz CT molecular complexity index is 280. The van der Waals surface area contributed by atoms with Crippen molar-refractivity contribution >= 4 is 0 Å². The predicted octanol–water partition coefficient (Wildman–Crippen LogP) is 4.20. The van der Waals surface area contributed by atoms with E-state index in [1.807, 2.05) is 0 Å². The molecule has 0 spiro atoms. The molecule has 0 aromatic rings. The maximum absolute atomic E-state index is 3.62. The van der Waals surface area contributed by atoms with Crippen LogP contribution in [0.5, 0.6) is 0 Å². The lowest BCUT2D eigenvalue weighted by Gasteiger charge is -2.47. The molecule has 118 valence electrons. The molecule has 3 atom stereocenters. The van der Waals surface area contributed by atoms with Crippen LogP contribution in [-0.2, 0) is 0 Å². The fraction of sp³-hybridized carbons (Fsp3) is 1.00. The largest absolute Gasteiger partial charge is 0.312 e. The maximum Gasteiger partial charge on any atom is 0.0126 e. The second-order valence-electron chi connectivity index (χ2n) is 8.16. The van der Waals surface area contributed by atoms with Gasteiger partial charge in [-0.2, -0.15) is 0 Å². The lowest BCUT2D eigenvalue weighted by molar-refractivity contribution is 0.0281. The van der Waals surface area contributed by atoms with Crippen LogP contribution in [0.2, 0.25) is 0 Å². The summed E-state index contributed by atoms with van der Waals surface area (Å²) in [5.41, 5.74) is 0.267. The van der Waals surface area contributed by atoms with Crippen molar-refractivity contribution in [3.05, 3.63) is 0 Å². The normalized spacial score (nSPS) is 30.0. The number of nitrogens with one attached hydrogen (secondary N) is 1. The number of rotatable bonds is 5. The monoisotopic (exact) mass is 280 g/mol. The maximum atomic E-state index is 3.62. The number of hydrogen-bond donors (Lipinski definition) is 1. The van der Waals surface area contributed by atoms with E-state index in [2.05, 4.69) is 37.9 Å². The zero-order valence-corrected chi connectivity index (χ0v) is 14.3. The molecule has 1 saturated carbocycles. The van der Waals surface area contributed by atoms with E-state index in [0.29, 0.717) is 0 Å². The van der Waals surface area contributed by atoms with E-state index in [4.69, 9.17) is 0 Å². The van der Waals surface area contributed by atoms with Gasteiger partial charge in [-0.1, -0.05) is 12.8 Å². The summed E-state index contributed by atoms with van der Waals surface area (Å²) in [5, 5.41) is 3.62. The van der Waals surface area contributed by atoms with Crippen molar-refractivity contribution in [1.82, 2.24) is 10.2 Å². The molecule has 2 aliphatic rings. The molecule has 0 aromatic carbocycles. The molecule has 2 fully saturated rings. The highest BCUT2D eigenvalue weighted by atomic mass is 15.2. The first-order chi connectivity index (χ1) is 9.47. The summed E-state index contributed by atoms with van der Waals surface area (Å²) in [4.78, 5) is 2.87. The SMILES string of the molecule is CC(CCCNC(C)(C)C)N1CCC[C@H]2CCCC[C@H]21.